The molecule has 0 atom stereocenters. The number of anilines is 1. The summed E-state index contributed by atoms with van der Waals surface area (Å²) < 4.78 is 6.98. The average molecular weight is 260 g/mol. The van der Waals surface area contributed by atoms with Crippen LogP contribution in [0.2, 0.25) is 0 Å². The molecule has 0 aliphatic carbocycles. The summed E-state index contributed by atoms with van der Waals surface area (Å²) in [4.78, 5) is 12.2. The Morgan fingerprint density at radius 1 is 1.37 bits per heavy atom. The maximum Gasteiger partial charge on any atom is 0.272 e. The van der Waals surface area contributed by atoms with E-state index in [2.05, 4.69) is 15.5 Å². The molecule has 19 heavy (non-hydrogen) atoms. The lowest BCUT2D eigenvalue weighted by molar-refractivity contribution is 0.101. The van der Waals surface area contributed by atoms with Gasteiger partial charge in [0.25, 0.3) is 5.91 Å². The van der Waals surface area contributed by atoms with Gasteiger partial charge in [0.1, 0.15) is 5.69 Å². The number of rotatable bonds is 5. The highest BCUT2D eigenvalue weighted by molar-refractivity contribution is 6.03. The number of methoxy groups -OCH3 is 1. The molecule has 1 amide bonds. The summed E-state index contributed by atoms with van der Waals surface area (Å²) in [6, 6.07) is 5.41. The van der Waals surface area contributed by atoms with E-state index >= 15 is 0 Å². The lowest BCUT2D eigenvalue weighted by Gasteiger charge is -2.11. The number of aromatic nitrogens is 3. The van der Waals surface area contributed by atoms with E-state index in [1.165, 1.54) is 12.4 Å². The second-order valence-electron chi connectivity index (χ2n) is 4.09. The van der Waals surface area contributed by atoms with Crippen molar-refractivity contribution < 1.29 is 9.53 Å². The quantitative estimate of drug-likeness (QED) is 0.884. The number of nitrogens with zero attached hydrogens (tertiary/aromatic N) is 3. The standard InChI is InChI=1S/C13H16N4O2/c1-10-3-4-12(17(10)7-8-19-2)13(18)16-11-5-6-14-15-9-11/h3-6,9H,7-8H2,1-2H3,(H,14,16,18). The van der Waals surface area contributed by atoms with Gasteiger partial charge in [0.2, 0.25) is 0 Å². The molecule has 6 nitrogen and oxygen atoms in total. The summed E-state index contributed by atoms with van der Waals surface area (Å²) in [6.07, 6.45) is 3.04. The normalized spacial score (nSPS) is 10.4. The van der Waals surface area contributed by atoms with Crippen LogP contribution in [0.3, 0.4) is 0 Å². The molecule has 2 aromatic rings. The summed E-state index contributed by atoms with van der Waals surface area (Å²) in [5, 5.41) is 10.2. The Bertz CT molecular complexity index is 551. The van der Waals surface area contributed by atoms with E-state index in [9.17, 15) is 4.79 Å². The van der Waals surface area contributed by atoms with Crippen molar-refractivity contribution in [3.63, 3.8) is 0 Å². The van der Waals surface area contributed by atoms with E-state index < -0.39 is 0 Å². The van der Waals surface area contributed by atoms with Crippen LogP contribution in [0.25, 0.3) is 0 Å². The minimum absolute atomic E-state index is 0.169. The Balaban J connectivity index is 2.15. The fourth-order valence-electron chi connectivity index (χ4n) is 1.81. The Hall–Kier alpha value is -2.21. The van der Waals surface area contributed by atoms with Gasteiger partial charge >= 0.3 is 0 Å². The van der Waals surface area contributed by atoms with E-state index in [0.29, 0.717) is 24.5 Å². The first-order valence-corrected chi connectivity index (χ1v) is 5.95. The van der Waals surface area contributed by atoms with Gasteiger partial charge in [0.05, 0.1) is 24.7 Å². The van der Waals surface area contributed by atoms with Crippen LogP contribution in [0.15, 0.2) is 30.6 Å². The van der Waals surface area contributed by atoms with Crippen LogP contribution in [-0.4, -0.2) is 34.4 Å². The molecule has 0 aliphatic heterocycles. The van der Waals surface area contributed by atoms with Crippen LogP contribution in [0.5, 0.6) is 0 Å². The van der Waals surface area contributed by atoms with Gasteiger partial charge in [-0.1, -0.05) is 0 Å². The van der Waals surface area contributed by atoms with E-state index in [1.807, 2.05) is 17.6 Å². The van der Waals surface area contributed by atoms with Gasteiger partial charge in [0.15, 0.2) is 0 Å². The summed E-state index contributed by atoms with van der Waals surface area (Å²) in [5.74, 6) is -0.169. The monoisotopic (exact) mass is 260 g/mol. The van der Waals surface area contributed by atoms with Crippen LogP contribution in [-0.2, 0) is 11.3 Å². The van der Waals surface area contributed by atoms with Gasteiger partial charge in [-0.2, -0.15) is 10.2 Å². The fourth-order valence-corrected chi connectivity index (χ4v) is 1.81. The van der Waals surface area contributed by atoms with E-state index in [-0.39, 0.29) is 5.91 Å². The lowest BCUT2D eigenvalue weighted by Crippen LogP contribution is -2.19. The van der Waals surface area contributed by atoms with Gasteiger partial charge in [-0.15, -0.1) is 0 Å². The molecule has 0 fully saturated rings. The van der Waals surface area contributed by atoms with Gasteiger partial charge < -0.3 is 14.6 Å². The van der Waals surface area contributed by atoms with Crippen molar-refractivity contribution in [1.29, 1.82) is 0 Å². The predicted molar refractivity (Wildman–Crippen MR) is 71.0 cm³/mol. The number of hydrogen-bond donors (Lipinski definition) is 1. The molecule has 1 N–H and O–H groups in total. The maximum atomic E-state index is 12.2. The first kappa shape index (κ1) is 13.2. The van der Waals surface area contributed by atoms with Gasteiger partial charge in [-0.3, -0.25) is 4.79 Å². The molecule has 0 saturated heterocycles. The molecule has 2 heterocycles. The summed E-state index contributed by atoms with van der Waals surface area (Å²) in [5.41, 5.74) is 2.25. The van der Waals surface area contributed by atoms with Crippen LogP contribution < -0.4 is 5.32 Å². The molecule has 2 rings (SSSR count). The number of aryl methyl sites for hydroxylation is 1. The largest absolute Gasteiger partial charge is 0.383 e. The molecule has 0 aliphatic rings. The van der Waals surface area contributed by atoms with Crippen molar-refractivity contribution in [2.45, 2.75) is 13.5 Å². The molecule has 0 bridgehead atoms. The molecule has 0 spiro atoms. The molecule has 2 aromatic heterocycles. The molecular weight excluding hydrogens is 244 g/mol. The first-order chi connectivity index (χ1) is 9.22. The smallest absolute Gasteiger partial charge is 0.272 e. The fraction of sp³-hybridized carbons (Fsp3) is 0.308. The van der Waals surface area contributed by atoms with E-state index in [1.54, 1.807) is 19.2 Å². The number of carbonyl (C=O) groups excluding carboxylic acids is 1. The van der Waals surface area contributed by atoms with E-state index in [0.717, 1.165) is 5.69 Å². The van der Waals surface area contributed by atoms with Crippen molar-refractivity contribution >= 4 is 11.6 Å². The third-order valence-electron chi connectivity index (χ3n) is 2.79. The average Bonchev–Trinajstić information content (AvgIpc) is 2.79. The molecule has 100 valence electrons. The molecular formula is C13H16N4O2. The Kier molecular flexibility index (Phi) is 4.25. The molecule has 0 saturated carbocycles. The highest BCUT2D eigenvalue weighted by Gasteiger charge is 2.13. The highest BCUT2D eigenvalue weighted by atomic mass is 16.5. The number of carbonyl (C=O) groups is 1. The third kappa shape index (κ3) is 3.17. The molecule has 0 radical (unpaired) electrons. The van der Waals surface area contributed by atoms with Crippen LogP contribution in [0.1, 0.15) is 16.2 Å². The number of nitrogens with one attached hydrogen (secondary N) is 1. The predicted octanol–water partition coefficient (Wildman–Crippen LogP) is 1.49. The summed E-state index contributed by atoms with van der Waals surface area (Å²) >= 11 is 0. The minimum Gasteiger partial charge on any atom is -0.383 e. The molecule has 0 unspecified atom stereocenters. The molecule has 0 aromatic carbocycles. The second kappa shape index (κ2) is 6.10. The van der Waals surface area contributed by atoms with Crippen molar-refractivity contribution in [3.05, 3.63) is 42.0 Å². The SMILES string of the molecule is COCCn1c(C)ccc1C(=O)Nc1ccnnc1. The topological polar surface area (TPSA) is 69.0 Å². The van der Waals surface area contributed by atoms with Crippen molar-refractivity contribution in [1.82, 2.24) is 14.8 Å². The van der Waals surface area contributed by atoms with Crippen molar-refractivity contribution in [2.24, 2.45) is 0 Å². The van der Waals surface area contributed by atoms with Gasteiger partial charge in [-0.25, -0.2) is 0 Å². The third-order valence-corrected chi connectivity index (χ3v) is 2.79. The van der Waals surface area contributed by atoms with Crippen LogP contribution in [0.4, 0.5) is 5.69 Å². The summed E-state index contributed by atoms with van der Waals surface area (Å²) in [6.45, 7) is 3.17. The highest BCUT2D eigenvalue weighted by Crippen LogP contribution is 2.11. The Labute approximate surface area is 111 Å². The zero-order valence-electron chi connectivity index (χ0n) is 11.0. The minimum atomic E-state index is -0.169. The molecule has 6 heteroatoms. The van der Waals surface area contributed by atoms with Crippen LogP contribution >= 0.6 is 0 Å². The van der Waals surface area contributed by atoms with Crippen molar-refractivity contribution in [2.75, 3.05) is 19.0 Å². The number of hydrogen-bond acceptors (Lipinski definition) is 4. The van der Waals surface area contributed by atoms with Crippen molar-refractivity contribution in [3.8, 4) is 0 Å². The first-order valence-electron chi connectivity index (χ1n) is 5.95. The van der Waals surface area contributed by atoms with Crippen LogP contribution in [0, 0.1) is 6.92 Å². The zero-order chi connectivity index (χ0) is 13.7. The second-order valence-corrected chi connectivity index (χ2v) is 4.09. The Morgan fingerprint density at radius 2 is 2.21 bits per heavy atom. The summed E-state index contributed by atoms with van der Waals surface area (Å²) in [7, 11) is 1.64. The van der Waals surface area contributed by atoms with Gasteiger partial charge in [0, 0.05) is 19.3 Å². The maximum absolute atomic E-state index is 12.2. The van der Waals surface area contributed by atoms with Gasteiger partial charge in [-0.05, 0) is 25.1 Å². The lowest BCUT2D eigenvalue weighted by atomic mass is 10.3. The Morgan fingerprint density at radius 3 is 2.89 bits per heavy atom. The zero-order valence-corrected chi connectivity index (χ0v) is 11.0. The van der Waals surface area contributed by atoms with E-state index in [4.69, 9.17) is 4.74 Å². The number of amides is 1. The number of ether oxygens (including phenoxy) is 1.